The van der Waals surface area contributed by atoms with Gasteiger partial charge in [0.05, 0.1) is 28.0 Å². The minimum Gasteiger partial charge on any atom is -0.369 e. The average molecular weight is 642 g/mol. The average Bonchev–Trinajstić information content (AvgIpc) is 3.53. The maximum Gasteiger partial charge on any atom is 0.418 e. The maximum atomic E-state index is 13.9. The number of aromatic nitrogens is 3. The summed E-state index contributed by atoms with van der Waals surface area (Å²) in [5.74, 6) is 0.845. The van der Waals surface area contributed by atoms with Gasteiger partial charge in [-0.1, -0.05) is 0 Å². The van der Waals surface area contributed by atoms with E-state index in [1.54, 1.807) is 42.2 Å². The van der Waals surface area contributed by atoms with Crippen LogP contribution in [0.2, 0.25) is 0 Å². The molecule has 2 aromatic carbocycles. The Labute approximate surface area is 254 Å². The zero-order valence-electron chi connectivity index (χ0n) is 22.8. The number of halogens is 5. The smallest absolute Gasteiger partial charge is 0.369 e. The van der Waals surface area contributed by atoms with Crippen LogP contribution in [0.15, 0.2) is 48.7 Å². The van der Waals surface area contributed by atoms with Gasteiger partial charge in [-0.3, -0.25) is 9.59 Å². The van der Waals surface area contributed by atoms with Gasteiger partial charge < -0.3 is 25.1 Å². The number of benzene rings is 2. The fourth-order valence-corrected chi connectivity index (χ4v) is 5.23. The molecule has 2 amide bonds. The van der Waals surface area contributed by atoms with E-state index in [9.17, 15) is 22.8 Å². The summed E-state index contributed by atoms with van der Waals surface area (Å²) in [4.78, 5) is 34.4. The Morgan fingerprint density at radius 1 is 1.05 bits per heavy atom. The normalized spacial score (nSPS) is 11.6. The van der Waals surface area contributed by atoms with Crippen LogP contribution in [-0.2, 0) is 18.0 Å². The summed E-state index contributed by atoms with van der Waals surface area (Å²) in [6, 6.07) is 10.2. The summed E-state index contributed by atoms with van der Waals surface area (Å²) in [6.45, 7) is 0.373. The number of aryl methyl sites for hydroxylation is 1. The van der Waals surface area contributed by atoms with Gasteiger partial charge in [0.1, 0.15) is 0 Å². The number of carbonyl (C=O) groups excluding carboxylic acids is 2. The number of anilines is 3. The van der Waals surface area contributed by atoms with Crippen molar-refractivity contribution in [1.82, 2.24) is 14.5 Å². The van der Waals surface area contributed by atoms with Gasteiger partial charge in [-0.15, -0.1) is 23.2 Å². The number of hydrogen-bond acceptors (Lipinski definition) is 5. The highest BCUT2D eigenvalue weighted by molar-refractivity contribution is 7.98. The molecule has 0 fully saturated rings. The molecule has 0 unspecified atom stereocenters. The number of nitrogens with one attached hydrogen (secondary N) is 3. The standard InChI is InChI=1S/C28H29Cl2F3N6O2S/c1-38-16-19(34-25(40)7-12-42-2)15-24(38)26-36-21-5-3-17(13-22(21)37-26)27(41)35-18-4-6-23(20(14-18)28(31,32)33)39(10-8-29)11-9-30/h3-6,13-16H,7-12H2,1-2H3,(H,34,40)(H,35,41)(H,36,37). The first kappa shape index (κ1) is 31.6. The third-order valence-corrected chi connectivity index (χ3v) is 7.37. The second kappa shape index (κ2) is 13.7. The Morgan fingerprint density at radius 3 is 2.45 bits per heavy atom. The molecule has 8 nitrogen and oxygen atoms in total. The molecule has 0 aliphatic rings. The van der Waals surface area contributed by atoms with E-state index in [-0.39, 0.29) is 47.7 Å². The maximum absolute atomic E-state index is 13.9. The highest BCUT2D eigenvalue weighted by atomic mass is 35.5. The molecular weight excluding hydrogens is 612 g/mol. The highest BCUT2D eigenvalue weighted by Crippen LogP contribution is 2.38. The van der Waals surface area contributed by atoms with Gasteiger partial charge >= 0.3 is 6.18 Å². The molecule has 3 N–H and O–H groups in total. The molecule has 0 radical (unpaired) electrons. The second-order valence-corrected chi connectivity index (χ2v) is 11.1. The first-order valence-electron chi connectivity index (χ1n) is 12.9. The topological polar surface area (TPSA) is 95.1 Å². The van der Waals surface area contributed by atoms with Crippen molar-refractivity contribution in [3.05, 3.63) is 59.8 Å². The van der Waals surface area contributed by atoms with Crippen molar-refractivity contribution >= 4 is 74.9 Å². The van der Waals surface area contributed by atoms with Crippen molar-refractivity contribution in [1.29, 1.82) is 0 Å². The fraction of sp³-hybridized carbons (Fsp3) is 0.321. The van der Waals surface area contributed by atoms with E-state index in [1.807, 2.05) is 17.9 Å². The molecular formula is C28H29Cl2F3N6O2S. The number of hydrogen-bond donors (Lipinski definition) is 3. The number of imidazole rings is 1. The van der Waals surface area contributed by atoms with Crippen LogP contribution >= 0.6 is 35.0 Å². The van der Waals surface area contributed by atoms with Gasteiger partial charge in [-0.2, -0.15) is 24.9 Å². The van der Waals surface area contributed by atoms with Crippen LogP contribution in [0.3, 0.4) is 0 Å². The highest BCUT2D eigenvalue weighted by Gasteiger charge is 2.35. The number of alkyl halides is 5. The Morgan fingerprint density at radius 2 is 1.79 bits per heavy atom. The van der Waals surface area contributed by atoms with Crippen LogP contribution in [0.5, 0.6) is 0 Å². The number of nitrogens with zero attached hydrogens (tertiary/aromatic N) is 3. The summed E-state index contributed by atoms with van der Waals surface area (Å²) >= 11 is 13.2. The fourth-order valence-electron chi connectivity index (χ4n) is 4.44. The zero-order valence-corrected chi connectivity index (χ0v) is 25.1. The molecule has 4 rings (SSSR count). The summed E-state index contributed by atoms with van der Waals surface area (Å²) in [5.41, 5.74) is 1.78. The van der Waals surface area contributed by atoms with Crippen LogP contribution in [-0.4, -0.2) is 63.2 Å². The first-order chi connectivity index (χ1) is 20.0. The van der Waals surface area contributed by atoms with E-state index in [4.69, 9.17) is 23.2 Å². The number of fused-ring (bicyclic) bond motifs is 1. The van der Waals surface area contributed by atoms with Gasteiger partial charge in [0.25, 0.3) is 5.91 Å². The van der Waals surface area contributed by atoms with Crippen LogP contribution in [0.4, 0.5) is 30.2 Å². The molecule has 0 atom stereocenters. The molecule has 14 heteroatoms. The molecule has 0 saturated carbocycles. The predicted molar refractivity (Wildman–Crippen MR) is 165 cm³/mol. The van der Waals surface area contributed by atoms with Gasteiger partial charge in [0, 0.05) is 67.2 Å². The van der Waals surface area contributed by atoms with E-state index in [0.29, 0.717) is 29.0 Å². The van der Waals surface area contributed by atoms with Crippen molar-refractivity contribution in [3.8, 4) is 11.5 Å². The number of aromatic amines is 1. The van der Waals surface area contributed by atoms with Crippen LogP contribution in [0.1, 0.15) is 22.3 Å². The van der Waals surface area contributed by atoms with Crippen LogP contribution in [0, 0.1) is 0 Å². The lowest BCUT2D eigenvalue weighted by Crippen LogP contribution is -2.30. The number of amides is 2. The van der Waals surface area contributed by atoms with Gasteiger partial charge in [-0.25, -0.2) is 4.98 Å². The van der Waals surface area contributed by atoms with Crippen molar-refractivity contribution in [3.63, 3.8) is 0 Å². The van der Waals surface area contributed by atoms with Crippen LogP contribution in [0.25, 0.3) is 22.6 Å². The van der Waals surface area contributed by atoms with Crippen LogP contribution < -0.4 is 15.5 Å². The van der Waals surface area contributed by atoms with Crippen molar-refractivity contribution in [2.24, 2.45) is 7.05 Å². The Kier molecular flexibility index (Phi) is 10.3. The number of rotatable bonds is 12. The van der Waals surface area contributed by atoms with Gasteiger partial charge in [0.2, 0.25) is 5.91 Å². The summed E-state index contributed by atoms with van der Waals surface area (Å²) in [5, 5.41) is 5.43. The lowest BCUT2D eigenvalue weighted by Gasteiger charge is -2.27. The summed E-state index contributed by atoms with van der Waals surface area (Å²) in [6.07, 6.45) is -0.536. The quantitative estimate of drug-likeness (QED) is 0.148. The molecule has 0 aliphatic carbocycles. The summed E-state index contributed by atoms with van der Waals surface area (Å²) in [7, 11) is 1.82. The lowest BCUT2D eigenvalue weighted by molar-refractivity contribution is -0.137. The second-order valence-electron chi connectivity index (χ2n) is 9.38. The molecule has 2 aromatic heterocycles. The SMILES string of the molecule is CSCCC(=O)Nc1cc(-c2nc3ccc(C(=O)Nc4ccc(N(CCCl)CCCl)c(C(F)(F)F)c4)cc3[nH]2)n(C)c1. The van der Waals surface area contributed by atoms with E-state index in [1.165, 1.54) is 17.0 Å². The van der Waals surface area contributed by atoms with Crippen molar-refractivity contribution in [2.75, 3.05) is 52.4 Å². The molecule has 4 aromatic rings. The van der Waals surface area contributed by atoms with E-state index < -0.39 is 17.6 Å². The molecule has 0 bridgehead atoms. The number of H-pyrrole nitrogens is 1. The number of thioether (sulfide) groups is 1. The molecule has 0 saturated heterocycles. The zero-order chi connectivity index (χ0) is 30.4. The lowest BCUT2D eigenvalue weighted by atomic mass is 10.1. The van der Waals surface area contributed by atoms with Gasteiger partial charge in [0.15, 0.2) is 5.82 Å². The molecule has 42 heavy (non-hydrogen) atoms. The van der Waals surface area contributed by atoms with Gasteiger partial charge in [-0.05, 0) is 48.7 Å². The molecule has 0 aliphatic heterocycles. The van der Waals surface area contributed by atoms with E-state index in [0.717, 1.165) is 17.5 Å². The predicted octanol–water partition coefficient (Wildman–Crippen LogP) is 6.82. The number of carbonyl (C=O) groups is 2. The van der Waals surface area contributed by atoms with Crippen molar-refractivity contribution in [2.45, 2.75) is 12.6 Å². The Balaban J connectivity index is 1.55. The molecule has 224 valence electrons. The molecule has 2 heterocycles. The monoisotopic (exact) mass is 640 g/mol. The molecule has 0 spiro atoms. The third-order valence-electron chi connectivity index (χ3n) is 6.42. The largest absolute Gasteiger partial charge is 0.418 e. The van der Waals surface area contributed by atoms with E-state index >= 15 is 0 Å². The van der Waals surface area contributed by atoms with E-state index in [2.05, 4.69) is 20.6 Å². The van der Waals surface area contributed by atoms with Crippen molar-refractivity contribution < 1.29 is 22.8 Å². The third kappa shape index (κ3) is 7.53. The Hall–Kier alpha value is -3.35. The Bertz CT molecular complexity index is 1570. The summed E-state index contributed by atoms with van der Waals surface area (Å²) < 4.78 is 43.7. The minimum atomic E-state index is -4.66. The first-order valence-corrected chi connectivity index (χ1v) is 15.3. The minimum absolute atomic E-state index is 0.00548.